The number of nitrogens with zero attached hydrogens (tertiary/aromatic N) is 1. The van der Waals surface area contributed by atoms with Gasteiger partial charge in [-0.15, -0.1) is 22.7 Å². The van der Waals surface area contributed by atoms with Gasteiger partial charge in [0.2, 0.25) is 0 Å². The Balaban J connectivity index is 1.86. The van der Waals surface area contributed by atoms with Gasteiger partial charge in [-0.25, -0.2) is 9.78 Å². The van der Waals surface area contributed by atoms with Gasteiger partial charge in [-0.3, -0.25) is 4.79 Å². The number of carbonyl (C=O) groups excluding carboxylic acids is 2. The van der Waals surface area contributed by atoms with Gasteiger partial charge in [0.1, 0.15) is 9.88 Å². The maximum Gasteiger partial charge on any atom is 0.333 e. The molecule has 0 spiro atoms. The van der Waals surface area contributed by atoms with E-state index in [-0.39, 0.29) is 5.91 Å². The Kier molecular flexibility index (Phi) is 5.85. The normalized spacial score (nSPS) is 11.8. The highest BCUT2D eigenvalue weighted by Gasteiger charge is 2.26. The lowest BCUT2D eigenvalue weighted by Gasteiger charge is -2.16. The first-order valence-electron chi connectivity index (χ1n) is 7.65. The number of amides is 1. The van der Waals surface area contributed by atoms with Gasteiger partial charge in [-0.1, -0.05) is 34.1 Å². The first-order chi connectivity index (χ1) is 12.5. The highest BCUT2D eigenvalue weighted by atomic mass is 79.9. The van der Waals surface area contributed by atoms with E-state index in [0.29, 0.717) is 16.1 Å². The van der Waals surface area contributed by atoms with Crippen LogP contribution in [0.2, 0.25) is 0 Å². The number of benzene rings is 1. The summed E-state index contributed by atoms with van der Waals surface area (Å²) >= 11 is 6.24. The lowest BCUT2D eigenvalue weighted by molar-refractivity contribution is -0.143. The lowest BCUT2D eigenvalue weighted by atomic mass is 10.1. The molecule has 0 saturated heterocycles. The van der Waals surface area contributed by atoms with Crippen LogP contribution in [0.1, 0.15) is 27.0 Å². The molecule has 1 amide bonds. The van der Waals surface area contributed by atoms with Crippen LogP contribution in [0.4, 0.5) is 0 Å². The van der Waals surface area contributed by atoms with E-state index in [0.717, 1.165) is 14.4 Å². The predicted octanol–water partition coefficient (Wildman–Crippen LogP) is 4.59. The van der Waals surface area contributed by atoms with Gasteiger partial charge in [0.05, 0.1) is 17.7 Å². The maximum atomic E-state index is 12.8. The fraction of sp³-hybridized carbons (Fsp3) is 0.167. The van der Waals surface area contributed by atoms with Gasteiger partial charge < -0.3 is 10.1 Å². The van der Waals surface area contributed by atoms with E-state index in [2.05, 4.69) is 26.2 Å². The molecule has 0 aliphatic heterocycles. The van der Waals surface area contributed by atoms with Crippen molar-refractivity contribution >= 4 is 50.5 Å². The molecule has 1 unspecified atom stereocenters. The zero-order chi connectivity index (χ0) is 18.7. The van der Waals surface area contributed by atoms with Crippen LogP contribution in [0.5, 0.6) is 0 Å². The number of ether oxygens (including phenoxy) is 1. The molecule has 0 aliphatic carbocycles. The second kappa shape index (κ2) is 8.11. The summed E-state index contributed by atoms with van der Waals surface area (Å²) in [6, 6.07) is 10.2. The van der Waals surface area contributed by atoms with E-state index >= 15 is 0 Å². The maximum absolute atomic E-state index is 12.8. The third-order valence-electron chi connectivity index (χ3n) is 3.65. The molecule has 3 aromatic rings. The van der Waals surface area contributed by atoms with Crippen LogP contribution in [0.3, 0.4) is 0 Å². The molecule has 8 heteroatoms. The number of thiazole rings is 1. The molecule has 134 valence electrons. The number of aromatic nitrogens is 1. The molecule has 0 saturated carbocycles. The Hall–Kier alpha value is -2.03. The largest absolute Gasteiger partial charge is 0.467 e. The molecule has 2 aromatic heterocycles. The molecule has 0 radical (unpaired) electrons. The molecule has 1 atom stereocenters. The van der Waals surface area contributed by atoms with Gasteiger partial charge in [-0.2, -0.15) is 0 Å². The standard InChI is InChI=1S/C18H15BrN2O3S2/c1-10-15(26-17(20-10)13-4-3-9-25-13)16(22)21-14(18(23)24-2)11-5-7-12(19)8-6-11/h3-9,14H,1-2H3,(H,21,22). The molecule has 2 heterocycles. The Morgan fingerprint density at radius 1 is 1.23 bits per heavy atom. The highest BCUT2D eigenvalue weighted by molar-refractivity contribution is 9.10. The van der Waals surface area contributed by atoms with Crippen molar-refractivity contribution in [3.63, 3.8) is 0 Å². The molecule has 1 aromatic carbocycles. The Bertz CT molecular complexity index is 921. The van der Waals surface area contributed by atoms with Crippen molar-refractivity contribution in [2.24, 2.45) is 0 Å². The topological polar surface area (TPSA) is 68.3 Å². The van der Waals surface area contributed by atoms with Crippen molar-refractivity contribution < 1.29 is 14.3 Å². The fourth-order valence-electron chi connectivity index (χ4n) is 2.36. The van der Waals surface area contributed by atoms with Gasteiger partial charge in [0.15, 0.2) is 6.04 Å². The van der Waals surface area contributed by atoms with Gasteiger partial charge in [-0.05, 0) is 36.1 Å². The molecule has 1 N–H and O–H groups in total. The van der Waals surface area contributed by atoms with Crippen molar-refractivity contribution in [2.75, 3.05) is 7.11 Å². The van der Waals surface area contributed by atoms with E-state index in [4.69, 9.17) is 4.74 Å². The average molecular weight is 451 g/mol. The second-order valence-electron chi connectivity index (χ2n) is 5.39. The zero-order valence-corrected chi connectivity index (χ0v) is 17.2. The van der Waals surface area contributed by atoms with Crippen molar-refractivity contribution in [1.82, 2.24) is 10.3 Å². The number of halogens is 1. The second-order valence-corrected chi connectivity index (χ2v) is 8.25. The van der Waals surface area contributed by atoms with Crippen LogP contribution in [-0.2, 0) is 9.53 Å². The number of nitrogens with one attached hydrogen (secondary N) is 1. The number of esters is 1. The first kappa shape index (κ1) is 18.8. The number of thiophene rings is 1. The first-order valence-corrected chi connectivity index (χ1v) is 10.1. The lowest BCUT2D eigenvalue weighted by Crippen LogP contribution is -2.34. The monoisotopic (exact) mass is 450 g/mol. The van der Waals surface area contributed by atoms with E-state index in [1.54, 1.807) is 30.4 Å². The molecule has 0 aliphatic rings. The van der Waals surface area contributed by atoms with Crippen molar-refractivity contribution in [1.29, 1.82) is 0 Å². The van der Waals surface area contributed by atoms with Crippen molar-refractivity contribution in [3.8, 4) is 9.88 Å². The molecular weight excluding hydrogens is 436 g/mol. The minimum Gasteiger partial charge on any atom is -0.467 e. The third-order valence-corrected chi connectivity index (χ3v) is 6.37. The highest BCUT2D eigenvalue weighted by Crippen LogP contribution is 2.31. The van der Waals surface area contributed by atoms with Crippen LogP contribution in [0, 0.1) is 6.92 Å². The minimum absolute atomic E-state index is 0.346. The molecule has 3 rings (SSSR count). The summed E-state index contributed by atoms with van der Waals surface area (Å²) in [5, 5.41) is 5.52. The summed E-state index contributed by atoms with van der Waals surface area (Å²) in [4.78, 5) is 30.9. The Labute approximate surface area is 167 Å². The van der Waals surface area contributed by atoms with Crippen LogP contribution < -0.4 is 5.32 Å². The van der Waals surface area contributed by atoms with Crippen LogP contribution >= 0.6 is 38.6 Å². The van der Waals surface area contributed by atoms with E-state index in [9.17, 15) is 9.59 Å². The molecule has 0 bridgehead atoms. The molecule has 0 fully saturated rings. The van der Waals surface area contributed by atoms with Crippen molar-refractivity contribution in [2.45, 2.75) is 13.0 Å². The SMILES string of the molecule is COC(=O)C(NC(=O)c1sc(-c2cccs2)nc1C)c1ccc(Br)cc1. The average Bonchev–Trinajstić information content (AvgIpc) is 3.29. The van der Waals surface area contributed by atoms with Gasteiger partial charge >= 0.3 is 5.97 Å². The summed E-state index contributed by atoms with van der Waals surface area (Å²) in [6.45, 7) is 1.79. The van der Waals surface area contributed by atoms with E-state index < -0.39 is 12.0 Å². The smallest absolute Gasteiger partial charge is 0.333 e. The molecular formula is C18H15BrN2O3S2. The van der Waals surface area contributed by atoms with Crippen molar-refractivity contribution in [3.05, 3.63) is 62.4 Å². The van der Waals surface area contributed by atoms with E-state index in [1.165, 1.54) is 18.4 Å². The van der Waals surface area contributed by atoms with Crippen LogP contribution in [-0.4, -0.2) is 24.0 Å². The Morgan fingerprint density at radius 2 is 1.96 bits per heavy atom. The minimum atomic E-state index is -0.882. The van der Waals surface area contributed by atoms with Gasteiger partial charge in [0, 0.05) is 4.47 Å². The fourth-order valence-corrected chi connectivity index (χ4v) is 4.39. The molecule has 5 nitrogen and oxygen atoms in total. The summed E-state index contributed by atoms with van der Waals surface area (Å²) in [7, 11) is 1.30. The van der Waals surface area contributed by atoms with Crippen LogP contribution in [0.15, 0.2) is 46.3 Å². The number of aryl methyl sites for hydroxylation is 1. The Morgan fingerprint density at radius 3 is 2.58 bits per heavy atom. The number of rotatable bonds is 5. The molecule has 26 heavy (non-hydrogen) atoms. The number of carbonyl (C=O) groups is 2. The summed E-state index contributed by atoms with van der Waals surface area (Å²) < 4.78 is 5.74. The predicted molar refractivity (Wildman–Crippen MR) is 107 cm³/mol. The van der Waals surface area contributed by atoms with Gasteiger partial charge in [0.25, 0.3) is 5.91 Å². The quantitative estimate of drug-likeness (QED) is 0.577. The van der Waals surface area contributed by atoms with E-state index in [1.807, 2.05) is 29.6 Å². The summed E-state index contributed by atoms with van der Waals surface area (Å²) in [5.74, 6) is -0.873. The number of hydrogen-bond acceptors (Lipinski definition) is 6. The third kappa shape index (κ3) is 4.03. The number of hydrogen-bond donors (Lipinski definition) is 1. The summed E-state index contributed by atoms with van der Waals surface area (Å²) in [5.41, 5.74) is 1.28. The summed E-state index contributed by atoms with van der Waals surface area (Å²) in [6.07, 6.45) is 0. The zero-order valence-electron chi connectivity index (χ0n) is 14.0. The number of methoxy groups -OCH3 is 1. The van der Waals surface area contributed by atoms with Crippen LogP contribution in [0.25, 0.3) is 9.88 Å².